The van der Waals surface area contributed by atoms with Gasteiger partial charge in [-0.15, -0.1) is 0 Å². The molecule has 0 saturated heterocycles. The minimum absolute atomic E-state index is 0.282. The zero-order valence-corrected chi connectivity index (χ0v) is 14.1. The monoisotopic (exact) mass is 316 g/mol. The summed E-state index contributed by atoms with van der Waals surface area (Å²) in [5.74, 6) is 0.282. The number of allylic oxidation sites excluding steroid dienone is 1. The van der Waals surface area contributed by atoms with Crippen LogP contribution in [0.15, 0.2) is 60.4 Å². The fraction of sp³-hybridized carbons (Fsp3) is 0.143. The summed E-state index contributed by atoms with van der Waals surface area (Å²) in [6.45, 7) is 4.15. The molecule has 0 spiro atoms. The van der Waals surface area contributed by atoms with Crippen LogP contribution in [0.25, 0.3) is 33.4 Å². The Kier molecular flexibility index (Phi) is 3.24. The van der Waals surface area contributed by atoms with Gasteiger partial charge in [-0.05, 0) is 49.7 Å². The van der Waals surface area contributed by atoms with Crippen molar-refractivity contribution in [3.8, 4) is 11.6 Å². The van der Waals surface area contributed by atoms with Crippen LogP contribution in [0, 0.1) is 0 Å². The lowest BCUT2D eigenvalue weighted by atomic mass is 10.1. The van der Waals surface area contributed by atoms with Gasteiger partial charge in [0, 0.05) is 46.8 Å². The molecule has 2 aromatic heterocycles. The molecule has 120 valence electrons. The van der Waals surface area contributed by atoms with Gasteiger partial charge in [-0.1, -0.05) is 23.8 Å². The lowest BCUT2D eigenvalue weighted by Crippen LogP contribution is -1.91. The second-order valence-electron chi connectivity index (χ2n) is 6.56. The van der Waals surface area contributed by atoms with Crippen molar-refractivity contribution < 1.29 is 5.11 Å². The Morgan fingerprint density at radius 2 is 1.83 bits per heavy atom. The van der Waals surface area contributed by atoms with Gasteiger partial charge in [0.2, 0.25) is 5.88 Å². The Bertz CT molecular complexity index is 1090. The number of rotatable bonds is 2. The molecular weight excluding hydrogens is 296 g/mol. The van der Waals surface area contributed by atoms with Crippen LogP contribution in [0.4, 0.5) is 0 Å². The predicted molar refractivity (Wildman–Crippen MR) is 101 cm³/mol. The van der Waals surface area contributed by atoms with Crippen molar-refractivity contribution in [3.63, 3.8) is 0 Å². The minimum atomic E-state index is 0.282. The van der Waals surface area contributed by atoms with E-state index in [0.717, 1.165) is 27.4 Å². The van der Waals surface area contributed by atoms with Crippen molar-refractivity contribution in [1.82, 2.24) is 9.13 Å². The number of aromatic hydroxyl groups is 1. The average molecular weight is 316 g/mol. The molecule has 1 N–H and O–H groups in total. The summed E-state index contributed by atoms with van der Waals surface area (Å²) in [7, 11) is 2.04. The van der Waals surface area contributed by atoms with E-state index in [1.54, 1.807) is 0 Å². The van der Waals surface area contributed by atoms with Crippen molar-refractivity contribution in [2.75, 3.05) is 0 Å². The third-order valence-electron chi connectivity index (χ3n) is 4.42. The lowest BCUT2D eigenvalue weighted by molar-refractivity contribution is 0.448. The number of aryl methyl sites for hydroxylation is 1. The second kappa shape index (κ2) is 5.31. The second-order valence-corrected chi connectivity index (χ2v) is 6.56. The maximum atomic E-state index is 10.7. The first-order valence-electron chi connectivity index (χ1n) is 8.07. The third-order valence-corrected chi connectivity index (χ3v) is 4.42. The van der Waals surface area contributed by atoms with Crippen molar-refractivity contribution in [3.05, 3.63) is 66.0 Å². The molecule has 3 heteroatoms. The lowest BCUT2D eigenvalue weighted by Gasteiger charge is -2.06. The smallest absolute Gasteiger partial charge is 0.203 e. The number of aromatic nitrogens is 2. The van der Waals surface area contributed by atoms with Crippen molar-refractivity contribution in [1.29, 1.82) is 0 Å². The zero-order valence-electron chi connectivity index (χ0n) is 14.1. The molecule has 0 unspecified atom stereocenters. The molecule has 0 aliphatic carbocycles. The van der Waals surface area contributed by atoms with Gasteiger partial charge < -0.3 is 9.67 Å². The first-order chi connectivity index (χ1) is 11.5. The first-order valence-corrected chi connectivity index (χ1v) is 8.07. The van der Waals surface area contributed by atoms with Crippen molar-refractivity contribution in [2.45, 2.75) is 13.8 Å². The normalized spacial score (nSPS) is 11.3. The number of benzene rings is 2. The molecule has 0 radical (unpaired) electrons. The largest absolute Gasteiger partial charge is 0.494 e. The van der Waals surface area contributed by atoms with Gasteiger partial charge in [-0.2, -0.15) is 0 Å². The van der Waals surface area contributed by atoms with E-state index in [0.29, 0.717) is 0 Å². The minimum Gasteiger partial charge on any atom is -0.494 e. The summed E-state index contributed by atoms with van der Waals surface area (Å²) >= 11 is 0. The third kappa shape index (κ3) is 2.29. The molecule has 24 heavy (non-hydrogen) atoms. The van der Waals surface area contributed by atoms with E-state index in [1.165, 1.54) is 11.1 Å². The molecule has 3 nitrogen and oxygen atoms in total. The van der Waals surface area contributed by atoms with E-state index in [1.807, 2.05) is 36.1 Å². The fourth-order valence-electron chi connectivity index (χ4n) is 3.25. The average Bonchev–Trinajstić information content (AvgIpc) is 3.08. The molecule has 0 amide bonds. The van der Waals surface area contributed by atoms with E-state index in [9.17, 15) is 5.11 Å². The van der Waals surface area contributed by atoms with Crippen LogP contribution in [0.5, 0.6) is 5.88 Å². The summed E-state index contributed by atoms with van der Waals surface area (Å²) in [6, 6.07) is 14.5. The zero-order chi connectivity index (χ0) is 16.8. The molecule has 2 heterocycles. The Labute approximate surface area is 141 Å². The van der Waals surface area contributed by atoms with Crippen LogP contribution < -0.4 is 0 Å². The van der Waals surface area contributed by atoms with Crippen LogP contribution in [-0.2, 0) is 7.05 Å². The molecule has 2 aromatic carbocycles. The maximum absolute atomic E-state index is 10.7. The highest BCUT2D eigenvalue weighted by Crippen LogP contribution is 2.32. The van der Waals surface area contributed by atoms with Gasteiger partial charge in [-0.3, -0.25) is 4.57 Å². The molecule has 4 rings (SSSR count). The molecule has 0 aliphatic rings. The topological polar surface area (TPSA) is 30.1 Å². The SMILES string of the molecule is CC(C)=Cc1ccc2cn(-c3ccc4c(ccn4C)c3)c(O)c2c1. The standard InChI is InChI=1S/C21H20N2O/c1-14(2)10-15-4-5-17-13-23(21(24)19(17)11-15)18-6-7-20-16(12-18)8-9-22(20)3/h4-13,24H,1-3H3. The molecule has 0 bridgehead atoms. The number of fused-ring (bicyclic) bond motifs is 2. The van der Waals surface area contributed by atoms with Crippen molar-refractivity contribution >= 4 is 27.8 Å². The Hall–Kier alpha value is -2.94. The van der Waals surface area contributed by atoms with E-state index in [2.05, 4.69) is 54.8 Å². The van der Waals surface area contributed by atoms with Gasteiger partial charge >= 0.3 is 0 Å². The van der Waals surface area contributed by atoms with Crippen LogP contribution in [0.1, 0.15) is 19.4 Å². The van der Waals surface area contributed by atoms with Gasteiger partial charge in [0.05, 0.1) is 0 Å². The van der Waals surface area contributed by atoms with Crippen LogP contribution >= 0.6 is 0 Å². The predicted octanol–water partition coefficient (Wildman–Crippen LogP) is 5.25. The van der Waals surface area contributed by atoms with Gasteiger partial charge in [0.25, 0.3) is 0 Å². The van der Waals surface area contributed by atoms with Gasteiger partial charge in [0.15, 0.2) is 0 Å². The summed E-state index contributed by atoms with van der Waals surface area (Å²) < 4.78 is 3.94. The summed E-state index contributed by atoms with van der Waals surface area (Å²) in [4.78, 5) is 0. The highest BCUT2D eigenvalue weighted by atomic mass is 16.3. The summed E-state index contributed by atoms with van der Waals surface area (Å²) in [6.07, 6.45) is 6.15. The van der Waals surface area contributed by atoms with Gasteiger partial charge in [0.1, 0.15) is 0 Å². The number of hydrogen-bond donors (Lipinski definition) is 1. The fourth-order valence-corrected chi connectivity index (χ4v) is 3.25. The Morgan fingerprint density at radius 3 is 2.62 bits per heavy atom. The first kappa shape index (κ1) is 14.6. The Balaban J connectivity index is 1.89. The van der Waals surface area contributed by atoms with E-state index in [4.69, 9.17) is 0 Å². The highest BCUT2D eigenvalue weighted by molar-refractivity contribution is 5.91. The highest BCUT2D eigenvalue weighted by Gasteiger charge is 2.11. The molecule has 0 atom stereocenters. The maximum Gasteiger partial charge on any atom is 0.203 e. The van der Waals surface area contributed by atoms with E-state index >= 15 is 0 Å². The van der Waals surface area contributed by atoms with Gasteiger partial charge in [-0.25, -0.2) is 0 Å². The molecule has 0 saturated carbocycles. The van der Waals surface area contributed by atoms with E-state index < -0.39 is 0 Å². The van der Waals surface area contributed by atoms with Crippen LogP contribution in [0.3, 0.4) is 0 Å². The van der Waals surface area contributed by atoms with E-state index in [-0.39, 0.29) is 5.88 Å². The Morgan fingerprint density at radius 1 is 1.00 bits per heavy atom. The van der Waals surface area contributed by atoms with Crippen LogP contribution in [0.2, 0.25) is 0 Å². The summed E-state index contributed by atoms with van der Waals surface area (Å²) in [5, 5.41) is 13.8. The van der Waals surface area contributed by atoms with Crippen molar-refractivity contribution in [2.24, 2.45) is 7.05 Å². The molecule has 4 aromatic rings. The van der Waals surface area contributed by atoms with Crippen LogP contribution in [-0.4, -0.2) is 14.2 Å². The molecule has 0 fully saturated rings. The quantitative estimate of drug-likeness (QED) is 0.538. The molecule has 0 aliphatic heterocycles. The number of nitrogens with zero attached hydrogens (tertiary/aromatic N) is 2. The molecular formula is C21H20N2O. The summed E-state index contributed by atoms with van der Waals surface area (Å²) in [5.41, 5.74) is 4.49. The number of hydrogen-bond acceptors (Lipinski definition) is 1.